The third kappa shape index (κ3) is 3.31. The first-order valence-electron chi connectivity index (χ1n) is 7.87. The highest BCUT2D eigenvalue weighted by molar-refractivity contribution is 5.77. The van der Waals surface area contributed by atoms with Crippen LogP contribution in [0.15, 0.2) is 42.6 Å². The van der Waals surface area contributed by atoms with Crippen LogP contribution in [-0.4, -0.2) is 29.1 Å². The van der Waals surface area contributed by atoms with E-state index >= 15 is 0 Å². The number of ether oxygens (including phenoxy) is 2. The molecule has 0 amide bonds. The molecule has 0 unspecified atom stereocenters. The molecule has 1 aromatic carbocycles. The third-order valence-corrected chi connectivity index (χ3v) is 3.84. The summed E-state index contributed by atoms with van der Waals surface area (Å²) in [7, 11) is 1.59. The largest absolute Gasteiger partial charge is 0.497 e. The van der Waals surface area contributed by atoms with E-state index in [1.54, 1.807) is 26.2 Å². The SMILES string of the molecule is CCOC(=O)Cc1c(-c2ccc(C#N)cc2)nc2cc(OC)ccn12. The van der Waals surface area contributed by atoms with Crippen LogP contribution < -0.4 is 4.74 Å². The molecule has 0 aliphatic heterocycles. The van der Waals surface area contributed by atoms with E-state index in [1.807, 2.05) is 34.9 Å². The Bertz CT molecular complexity index is 952. The number of fused-ring (bicyclic) bond motifs is 1. The van der Waals surface area contributed by atoms with Gasteiger partial charge in [-0.1, -0.05) is 12.1 Å². The zero-order valence-corrected chi connectivity index (χ0v) is 14.0. The Morgan fingerprint density at radius 2 is 2.04 bits per heavy atom. The minimum Gasteiger partial charge on any atom is -0.497 e. The number of rotatable bonds is 5. The first-order chi connectivity index (χ1) is 12.2. The Kier molecular flexibility index (Phi) is 4.66. The van der Waals surface area contributed by atoms with Crippen LogP contribution in [0.25, 0.3) is 16.9 Å². The number of carbonyl (C=O) groups is 1. The molecular weight excluding hydrogens is 318 g/mol. The van der Waals surface area contributed by atoms with Crippen molar-refractivity contribution in [3.63, 3.8) is 0 Å². The molecule has 0 aliphatic carbocycles. The van der Waals surface area contributed by atoms with Gasteiger partial charge in [-0.25, -0.2) is 4.98 Å². The second kappa shape index (κ2) is 7.05. The number of methoxy groups -OCH3 is 1. The van der Waals surface area contributed by atoms with Crippen molar-refractivity contribution in [1.82, 2.24) is 9.38 Å². The van der Waals surface area contributed by atoms with E-state index in [0.717, 1.165) is 11.3 Å². The van der Waals surface area contributed by atoms with Gasteiger partial charge < -0.3 is 13.9 Å². The molecule has 0 spiro atoms. The lowest BCUT2D eigenvalue weighted by molar-refractivity contribution is -0.142. The van der Waals surface area contributed by atoms with Crippen molar-refractivity contribution in [3.8, 4) is 23.1 Å². The predicted octanol–water partition coefficient (Wildman–Crippen LogP) is 2.99. The van der Waals surface area contributed by atoms with Crippen molar-refractivity contribution in [3.05, 3.63) is 53.9 Å². The zero-order valence-electron chi connectivity index (χ0n) is 14.0. The van der Waals surface area contributed by atoms with E-state index in [1.165, 1.54) is 0 Å². The fourth-order valence-electron chi connectivity index (χ4n) is 2.66. The van der Waals surface area contributed by atoms with Crippen LogP contribution in [0.4, 0.5) is 0 Å². The number of hydrogen-bond donors (Lipinski definition) is 0. The number of imidazole rings is 1. The molecule has 0 N–H and O–H groups in total. The van der Waals surface area contributed by atoms with Gasteiger partial charge >= 0.3 is 5.97 Å². The van der Waals surface area contributed by atoms with Gasteiger partial charge in [0.1, 0.15) is 11.4 Å². The summed E-state index contributed by atoms with van der Waals surface area (Å²) >= 11 is 0. The first kappa shape index (κ1) is 16.5. The molecule has 6 heteroatoms. The van der Waals surface area contributed by atoms with E-state index < -0.39 is 0 Å². The number of aromatic nitrogens is 2. The molecule has 2 heterocycles. The molecule has 3 rings (SSSR count). The monoisotopic (exact) mass is 335 g/mol. The smallest absolute Gasteiger partial charge is 0.311 e. The fourth-order valence-corrected chi connectivity index (χ4v) is 2.66. The van der Waals surface area contributed by atoms with Gasteiger partial charge in [0.25, 0.3) is 0 Å². The molecule has 0 saturated carbocycles. The Hall–Kier alpha value is -3.33. The van der Waals surface area contributed by atoms with Crippen molar-refractivity contribution in [1.29, 1.82) is 5.26 Å². The normalized spacial score (nSPS) is 10.4. The minimum atomic E-state index is -0.310. The molecule has 0 bridgehead atoms. The van der Waals surface area contributed by atoms with Gasteiger partial charge in [0.2, 0.25) is 0 Å². The number of nitriles is 1. The quantitative estimate of drug-likeness (QED) is 0.670. The number of carbonyl (C=O) groups excluding carboxylic acids is 1. The van der Waals surface area contributed by atoms with Crippen molar-refractivity contribution < 1.29 is 14.3 Å². The topological polar surface area (TPSA) is 76.6 Å². The number of esters is 1. The van der Waals surface area contributed by atoms with Crippen LogP contribution in [0, 0.1) is 11.3 Å². The minimum absolute atomic E-state index is 0.108. The Balaban J connectivity index is 2.13. The second-order valence-corrected chi connectivity index (χ2v) is 5.37. The number of nitrogens with zero attached hydrogens (tertiary/aromatic N) is 3. The van der Waals surface area contributed by atoms with Crippen LogP contribution in [0.1, 0.15) is 18.2 Å². The lowest BCUT2D eigenvalue weighted by Crippen LogP contribution is -2.10. The van der Waals surface area contributed by atoms with Gasteiger partial charge in [-0.3, -0.25) is 4.79 Å². The summed E-state index contributed by atoms with van der Waals surface area (Å²) in [6.07, 6.45) is 1.93. The van der Waals surface area contributed by atoms with Crippen molar-refractivity contribution in [2.45, 2.75) is 13.3 Å². The Labute approximate surface area is 145 Å². The molecule has 0 radical (unpaired) electrons. The van der Waals surface area contributed by atoms with Crippen molar-refractivity contribution in [2.24, 2.45) is 0 Å². The van der Waals surface area contributed by atoms with E-state index in [2.05, 4.69) is 11.1 Å². The van der Waals surface area contributed by atoms with Crippen LogP contribution >= 0.6 is 0 Å². The highest BCUT2D eigenvalue weighted by Gasteiger charge is 2.18. The van der Waals surface area contributed by atoms with Gasteiger partial charge in [0, 0.05) is 17.8 Å². The predicted molar refractivity (Wildman–Crippen MR) is 92.2 cm³/mol. The summed E-state index contributed by atoms with van der Waals surface area (Å²) in [5.74, 6) is 0.376. The molecular formula is C19H17N3O3. The standard InChI is InChI=1S/C19H17N3O3/c1-3-25-18(23)11-16-19(14-6-4-13(12-20)5-7-14)21-17-10-15(24-2)8-9-22(16)17/h4-10H,3,11H2,1-2H3. The van der Waals surface area contributed by atoms with E-state index in [-0.39, 0.29) is 12.4 Å². The number of benzene rings is 1. The van der Waals surface area contributed by atoms with Crippen LogP contribution in [0.5, 0.6) is 5.75 Å². The summed E-state index contributed by atoms with van der Waals surface area (Å²) < 4.78 is 12.2. The molecule has 0 atom stereocenters. The molecule has 0 aliphatic rings. The van der Waals surface area contributed by atoms with Crippen LogP contribution in [-0.2, 0) is 16.0 Å². The third-order valence-electron chi connectivity index (χ3n) is 3.84. The van der Waals surface area contributed by atoms with Crippen molar-refractivity contribution >= 4 is 11.6 Å². The Morgan fingerprint density at radius 1 is 1.28 bits per heavy atom. The highest BCUT2D eigenvalue weighted by Crippen LogP contribution is 2.27. The lowest BCUT2D eigenvalue weighted by Gasteiger charge is -2.06. The number of hydrogen-bond acceptors (Lipinski definition) is 5. The van der Waals surface area contributed by atoms with Gasteiger partial charge in [0.15, 0.2) is 0 Å². The maximum Gasteiger partial charge on any atom is 0.311 e. The Morgan fingerprint density at radius 3 is 2.68 bits per heavy atom. The first-order valence-corrected chi connectivity index (χ1v) is 7.87. The summed E-state index contributed by atoms with van der Waals surface area (Å²) in [6.45, 7) is 2.11. The van der Waals surface area contributed by atoms with E-state index in [4.69, 9.17) is 14.7 Å². The van der Waals surface area contributed by atoms with E-state index in [0.29, 0.717) is 29.3 Å². The maximum absolute atomic E-state index is 12.0. The summed E-state index contributed by atoms with van der Waals surface area (Å²) in [6, 6.07) is 12.8. The fraction of sp³-hybridized carbons (Fsp3) is 0.211. The van der Waals surface area contributed by atoms with Gasteiger partial charge in [0.05, 0.1) is 43.2 Å². The van der Waals surface area contributed by atoms with Gasteiger partial charge in [-0.15, -0.1) is 0 Å². The molecule has 6 nitrogen and oxygen atoms in total. The summed E-state index contributed by atoms with van der Waals surface area (Å²) in [5, 5.41) is 8.96. The molecule has 126 valence electrons. The van der Waals surface area contributed by atoms with Crippen molar-refractivity contribution in [2.75, 3.05) is 13.7 Å². The van der Waals surface area contributed by atoms with Gasteiger partial charge in [-0.05, 0) is 25.1 Å². The lowest BCUT2D eigenvalue weighted by atomic mass is 10.1. The van der Waals surface area contributed by atoms with Crippen LogP contribution in [0.2, 0.25) is 0 Å². The van der Waals surface area contributed by atoms with Crippen LogP contribution in [0.3, 0.4) is 0 Å². The molecule has 25 heavy (non-hydrogen) atoms. The summed E-state index contributed by atoms with van der Waals surface area (Å²) in [5.41, 5.74) is 3.51. The highest BCUT2D eigenvalue weighted by atomic mass is 16.5. The molecule has 3 aromatic rings. The summed E-state index contributed by atoms with van der Waals surface area (Å²) in [4.78, 5) is 16.7. The average Bonchev–Trinajstić information content (AvgIpc) is 2.99. The second-order valence-electron chi connectivity index (χ2n) is 5.37. The molecule has 0 saturated heterocycles. The average molecular weight is 335 g/mol. The van der Waals surface area contributed by atoms with Gasteiger partial charge in [-0.2, -0.15) is 5.26 Å². The molecule has 2 aromatic heterocycles. The molecule has 0 fully saturated rings. The zero-order chi connectivity index (χ0) is 17.8. The maximum atomic E-state index is 12.0. The number of pyridine rings is 1. The van der Waals surface area contributed by atoms with E-state index in [9.17, 15) is 4.79 Å².